The van der Waals surface area contributed by atoms with Crippen molar-refractivity contribution in [2.45, 2.75) is 39.0 Å². The minimum atomic E-state index is -0.0972. The van der Waals surface area contributed by atoms with Gasteiger partial charge in [-0.15, -0.1) is 0 Å². The summed E-state index contributed by atoms with van der Waals surface area (Å²) in [6, 6.07) is 16.1. The van der Waals surface area contributed by atoms with E-state index in [0.29, 0.717) is 23.1 Å². The molecule has 2 aliphatic heterocycles. The highest BCUT2D eigenvalue weighted by Gasteiger charge is 2.28. The van der Waals surface area contributed by atoms with E-state index in [9.17, 15) is 4.79 Å². The number of aromatic nitrogens is 2. The fourth-order valence-electron chi connectivity index (χ4n) is 4.62. The van der Waals surface area contributed by atoms with Gasteiger partial charge in [-0.05, 0) is 29.7 Å². The summed E-state index contributed by atoms with van der Waals surface area (Å²) in [4.78, 5) is 22.1. The summed E-state index contributed by atoms with van der Waals surface area (Å²) in [5.74, 6) is 0.776. The maximum absolute atomic E-state index is 13.0. The highest BCUT2D eigenvalue weighted by molar-refractivity contribution is 6.42. The predicted octanol–water partition coefficient (Wildman–Crippen LogP) is 4.52. The van der Waals surface area contributed by atoms with Crippen molar-refractivity contribution in [2.24, 2.45) is 0 Å². The van der Waals surface area contributed by atoms with Crippen LogP contribution in [0.3, 0.4) is 0 Å². The lowest BCUT2D eigenvalue weighted by molar-refractivity contribution is 0.237. The number of benzene rings is 2. The Balaban J connectivity index is 1.41. The van der Waals surface area contributed by atoms with Gasteiger partial charge in [0.05, 0.1) is 15.6 Å². The van der Waals surface area contributed by atoms with Crippen LogP contribution in [0.5, 0.6) is 0 Å². The average Bonchev–Trinajstić information content (AvgIpc) is 2.78. The van der Waals surface area contributed by atoms with Gasteiger partial charge < -0.3 is 9.47 Å². The molecule has 0 radical (unpaired) electrons. The molecule has 3 heterocycles. The summed E-state index contributed by atoms with van der Waals surface area (Å²) in [7, 11) is 0. The third-order valence-corrected chi connectivity index (χ3v) is 6.86. The van der Waals surface area contributed by atoms with Crippen LogP contribution in [0.4, 0.5) is 5.95 Å². The first-order valence-electron chi connectivity index (χ1n) is 10.7. The van der Waals surface area contributed by atoms with E-state index in [4.69, 9.17) is 23.2 Å². The second kappa shape index (κ2) is 8.65. The van der Waals surface area contributed by atoms with Crippen molar-refractivity contribution in [3.05, 3.63) is 91.3 Å². The summed E-state index contributed by atoms with van der Waals surface area (Å²) in [5.41, 5.74) is 4.23. The van der Waals surface area contributed by atoms with Crippen LogP contribution >= 0.6 is 23.2 Å². The van der Waals surface area contributed by atoms with E-state index >= 15 is 0 Å². The summed E-state index contributed by atoms with van der Waals surface area (Å²) < 4.78 is 2.26. The Labute approximate surface area is 191 Å². The molecule has 0 N–H and O–H groups in total. The van der Waals surface area contributed by atoms with Crippen molar-refractivity contribution in [3.63, 3.8) is 0 Å². The molecule has 3 aromatic rings. The molecular formula is C24H24Cl2N4O. The first-order chi connectivity index (χ1) is 15.1. The Hall–Kier alpha value is -2.34. The first kappa shape index (κ1) is 20.6. The van der Waals surface area contributed by atoms with Crippen LogP contribution < -0.4 is 10.5 Å². The van der Waals surface area contributed by atoms with Crippen LogP contribution in [-0.2, 0) is 32.6 Å². The number of rotatable bonds is 4. The van der Waals surface area contributed by atoms with E-state index in [1.807, 2.05) is 24.3 Å². The molecule has 0 atom stereocenters. The number of halogens is 2. The lowest BCUT2D eigenvalue weighted by Gasteiger charge is -2.36. The normalized spacial score (nSPS) is 16.1. The molecule has 0 aliphatic carbocycles. The van der Waals surface area contributed by atoms with Crippen LogP contribution in [0.25, 0.3) is 0 Å². The van der Waals surface area contributed by atoms with Crippen LogP contribution in [0, 0.1) is 0 Å². The lowest BCUT2D eigenvalue weighted by atomic mass is 10.0. The summed E-state index contributed by atoms with van der Waals surface area (Å²) in [6.45, 7) is 4.88. The van der Waals surface area contributed by atoms with Crippen molar-refractivity contribution in [2.75, 3.05) is 18.0 Å². The van der Waals surface area contributed by atoms with Gasteiger partial charge in [0.2, 0.25) is 5.95 Å². The minimum Gasteiger partial charge on any atom is -0.338 e. The van der Waals surface area contributed by atoms with E-state index in [1.54, 1.807) is 0 Å². The molecule has 2 aliphatic rings. The van der Waals surface area contributed by atoms with Crippen LogP contribution in [-0.4, -0.2) is 27.5 Å². The molecule has 5 rings (SSSR count). The topological polar surface area (TPSA) is 41.4 Å². The predicted molar refractivity (Wildman–Crippen MR) is 125 cm³/mol. The molecule has 2 aromatic carbocycles. The fraction of sp³-hybridized carbons (Fsp3) is 0.333. The zero-order chi connectivity index (χ0) is 21.4. The van der Waals surface area contributed by atoms with Crippen LogP contribution in [0.2, 0.25) is 10.0 Å². The maximum Gasteiger partial charge on any atom is 0.279 e. The van der Waals surface area contributed by atoms with E-state index in [2.05, 4.69) is 43.6 Å². The standard InChI is InChI=1S/C24H24Cl2N4O/c25-20-8-7-18(13-21(20)26)15-29-10-4-11-30-22-9-12-28(14-17-5-2-1-3-6-17)16-19(22)23(31)27-24(29)30/h1-3,5-8,13H,4,9-12,14-16H2. The fourth-order valence-corrected chi connectivity index (χ4v) is 4.94. The van der Waals surface area contributed by atoms with E-state index < -0.39 is 0 Å². The Bertz CT molecular complexity index is 1160. The molecule has 0 saturated heterocycles. The van der Waals surface area contributed by atoms with Crippen molar-refractivity contribution >= 4 is 29.2 Å². The molecule has 0 saturated carbocycles. The molecule has 0 spiro atoms. The average molecular weight is 455 g/mol. The molecule has 31 heavy (non-hydrogen) atoms. The minimum absolute atomic E-state index is 0.0972. The maximum atomic E-state index is 13.0. The number of fused-ring (bicyclic) bond motifs is 3. The molecule has 160 valence electrons. The van der Waals surface area contributed by atoms with Crippen molar-refractivity contribution in [1.29, 1.82) is 0 Å². The van der Waals surface area contributed by atoms with Gasteiger partial charge in [-0.3, -0.25) is 9.69 Å². The van der Waals surface area contributed by atoms with Gasteiger partial charge in [0.25, 0.3) is 5.56 Å². The largest absolute Gasteiger partial charge is 0.338 e. The SMILES string of the molecule is O=c1nc2n(c3c1CN(Cc1ccccc1)CC3)CCCN2Cc1ccc(Cl)c(Cl)c1. The van der Waals surface area contributed by atoms with Crippen molar-refractivity contribution in [3.8, 4) is 0 Å². The molecule has 0 fully saturated rings. The Morgan fingerprint density at radius 1 is 0.903 bits per heavy atom. The van der Waals surface area contributed by atoms with E-state index in [-0.39, 0.29) is 5.56 Å². The third kappa shape index (κ3) is 4.22. The Morgan fingerprint density at radius 3 is 2.55 bits per heavy atom. The smallest absolute Gasteiger partial charge is 0.279 e. The molecule has 1 aromatic heterocycles. The van der Waals surface area contributed by atoms with Crippen molar-refractivity contribution in [1.82, 2.24) is 14.5 Å². The highest BCUT2D eigenvalue weighted by atomic mass is 35.5. The van der Waals surface area contributed by atoms with Gasteiger partial charge >= 0.3 is 0 Å². The second-order valence-electron chi connectivity index (χ2n) is 8.26. The molecule has 5 nitrogen and oxygen atoms in total. The number of hydrogen-bond donors (Lipinski definition) is 0. The van der Waals surface area contributed by atoms with E-state index in [1.165, 1.54) is 5.56 Å². The van der Waals surface area contributed by atoms with Crippen molar-refractivity contribution < 1.29 is 0 Å². The Kier molecular flexibility index (Phi) is 5.74. The summed E-state index contributed by atoms with van der Waals surface area (Å²) in [6.07, 6.45) is 1.90. The highest BCUT2D eigenvalue weighted by Crippen LogP contribution is 2.28. The van der Waals surface area contributed by atoms with Crippen LogP contribution in [0.1, 0.15) is 28.8 Å². The number of anilines is 1. The van der Waals surface area contributed by atoms with E-state index in [0.717, 1.165) is 61.8 Å². The van der Waals surface area contributed by atoms with Gasteiger partial charge in [0.15, 0.2) is 0 Å². The van der Waals surface area contributed by atoms with Gasteiger partial charge in [-0.25, -0.2) is 0 Å². The van der Waals surface area contributed by atoms with Gasteiger partial charge in [0.1, 0.15) is 0 Å². The number of nitrogens with zero attached hydrogens (tertiary/aromatic N) is 4. The lowest BCUT2D eigenvalue weighted by Crippen LogP contribution is -2.42. The molecule has 0 bridgehead atoms. The third-order valence-electron chi connectivity index (χ3n) is 6.12. The van der Waals surface area contributed by atoms with Gasteiger partial charge in [-0.1, -0.05) is 59.6 Å². The Morgan fingerprint density at radius 2 is 1.74 bits per heavy atom. The monoisotopic (exact) mass is 454 g/mol. The summed E-state index contributed by atoms with van der Waals surface area (Å²) >= 11 is 12.3. The second-order valence-corrected chi connectivity index (χ2v) is 9.08. The molecular weight excluding hydrogens is 431 g/mol. The zero-order valence-electron chi connectivity index (χ0n) is 17.2. The molecule has 0 unspecified atom stereocenters. The molecule has 7 heteroatoms. The first-order valence-corrected chi connectivity index (χ1v) is 11.4. The number of hydrogen-bond acceptors (Lipinski definition) is 4. The van der Waals surface area contributed by atoms with Gasteiger partial charge in [0, 0.05) is 51.4 Å². The van der Waals surface area contributed by atoms with Gasteiger partial charge in [-0.2, -0.15) is 4.98 Å². The van der Waals surface area contributed by atoms with Crippen LogP contribution in [0.15, 0.2) is 53.3 Å². The summed E-state index contributed by atoms with van der Waals surface area (Å²) in [5, 5.41) is 1.10. The quantitative estimate of drug-likeness (QED) is 0.580. The molecule has 0 amide bonds. The zero-order valence-corrected chi connectivity index (χ0v) is 18.7.